The first-order chi connectivity index (χ1) is 7.88. The maximum Gasteiger partial charge on any atom is 0.0594 e. The zero-order valence-electron chi connectivity index (χ0n) is 9.48. The molecule has 0 fully saturated rings. The molecule has 0 aliphatic heterocycles. The third-order valence-corrected chi connectivity index (χ3v) is 2.56. The Hall–Kier alpha value is -1.83. The second kappa shape index (κ2) is 5.31. The zero-order valence-corrected chi connectivity index (χ0v) is 9.48. The molecule has 0 radical (unpaired) electrons. The van der Waals surface area contributed by atoms with E-state index in [2.05, 4.69) is 41.5 Å². The summed E-state index contributed by atoms with van der Waals surface area (Å²) in [6.07, 6.45) is 2.90. The second-order valence-corrected chi connectivity index (χ2v) is 3.73. The zero-order chi connectivity index (χ0) is 11.2. The molecule has 1 aromatic heterocycles. The summed E-state index contributed by atoms with van der Waals surface area (Å²) in [5, 5.41) is 3.35. The number of benzene rings is 1. The van der Waals surface area contributed by atoms with Gasteiger partial charge in [0.05, 0.1) is 12.2 Å². The molecule has 2 aromatic rings. The van der Waals surface area contributed by atoms with Crippen molar-refractivity contribution in [1.29, 1.82) is 0 Å². The van der Waals surface area contributed by atoms with Crippen LogP contribution in [0.4, 0.5) is 5.69 Å². The number of hydrogen-bond donors (Lipinski definition) is 1. The third kappa shape index (κ3) is 2.83. The van der Waals surface area contributed by atoms with Crippen LogP contribution in [0.2, 0.25) is 0 Å². The normalized spacial score (nSPS) is 10.1. The number of aromatic nitrogens is 1. The van der Waals surface area contributed by atoms with E-state index >= 15 is 0 Å². The van der Waals surface area contributed by atoms with Gasteiger partial charge in [-0.3, -0.25) is 4.98 Å². The highest BCUT2D eigenvalue weighted by Crippen LogP contribution is 2.10. The summed E-state index contributed by atoms with van der Waals surface area (Å²) >= 11 is 0. The molecule has 1 heterocycles. The van der Waals surface area contributed by atoms with Crippen molar-refractivity contribution < 1.29 is 0 Å². The minimum atomic E-state index is 0.770. The second-order valence-electron chi connectivity index (χ2n) is 3.73. The quantitative estimate of drug-likeness (QED) is 0.841. The highest BCUT2D eigenvalue weighted by molar-refractivity contribution is 5.44. The van der Waals surface area contributed by atoms with Crippen molar-refractivity contribution in [2.45, 2.75) is 19.9 Å². The van der Waals surface area contributed by atoms with Gasteiger partial charge in [0.25, 0.3) is 0 Å². The van der Waals surface area contributed by atoms with Crippen LogP contribution in [0.15, 0.2) is 48.7 Å². The Morgan fingerprint density at radius 3 is 2.50 bits per heavy atom. The van der Waals surface area contributed by atoms with Crippen LogP contribution >= 0.6 is 0 Å². The van der Waals surface area contributed by atoms with E-state index in [1.54, 1.807) is 0 Å². The summed E-state index contributed by atoms with van der Waals surface area (Å²) < 4.78 is 0. The van der Waals surface area contributed by atoms with E-state index in [4.69, 9.17) is 0 Å². The number of aryl methyl sites for hydroxylation is 1. The molecule has 2 rings (SSSR count). The summed E-state index contributed by atoms with van der Waals surface area (Å²) in [6.45, 7) is 2.93. The predicted molar refractivity (Wildman–Crippen MR) is 67.4 cm³/mol. The lowest BCUT2D eigenvalue weighted by atomic mass is 10.1. The number of nitrogens with zero attached hydrogens (tertiary/aromatic N) is 1. The van der Waals surface area contributed by atoms with Gasteiger partial charge in [0.2, 0.25) is 0 Å². The Kier molecular flexibility index (Phi) is 3.54. The van der Waals surface area contributed by atoms with Crippen molar-refractivity contribution in [2.24, 2.45) is 0 Å². The van der Waals surface area contributed by atoms with Crippen LogP contribution in [0, 0.1) is 0 Å². The topological polar surface area (TPSA) is 24.9 Å². The summed E-state index contributed by atoms with van der Waals surface area (Å²) in [4.78, 5) is 4.27. The van der Waals surface area contributed by atoms with Gasteiger partial charge in [-0.2, -0.15) is 0 Å². The molecule has 0 saturated heterocycles. The number of rotatable bonds is 4. The molecule has 0 amide bonds. The van der Waals surface area contributed by atoms with Crippen molar-refractivity contribution in [3.63, 3.8) is 0 Å². The fraction of sp³-hybridized carbons (Fsp3) is 0.214. The molecule has 1 N–H and O–H groups in total. The molecule has 0 unspecified atom stereocenters. The Labute approximate surface area is 96.4 Å². The Morgan fingerprint density at radius 1 is 1.06 bits per heavy atom. The van der Waals surface area contributed by atoms with Gasteiger partial charge in [-0.25, -0.2) is 0 Å². The molecule has 82 valence electrons. The first kappa shape index (κ1) is 10.7. The van der Waals surface area contributed by atoms with E-state index in [1.807, 2.05) is 24.4 Å². The van der Waals surface area contributed by atoms with Gasteiger partial charge in [-0.1, -0.05) is 25.1 Å². The molecule has 16 heavy (non-hydrogen) atoms. The lowest BCUT2D eigenvalue weighted by molar-refractivity contribution is 1.04. The van der Waals surface area contributed by atoms with Gasteiger partial charge in [-0.05, 0) is 36.2 Å². The van der Waals surface area contributed by atoms with Crippen molar-refractivity contribution in [1.82, 2.24) is 4.98 Å². The summed E-state index contributed by atoms with van der Waals surface area (Å²) in [5.74, 6) is 0. The van der Waals surface area contributed by atoms with Crippen LogP contribution in [0.1, 0.15) is 18.2 Å². The Balaban J connectivity index is 1.94. The fourth-order valence-electron chi connectivity index (χ4n) is 1.55. The minimum Gasteiger partial charge on any atom is -0.379 e. The lowest BCUT2D eigenvalue weighted by Gasteiger charge is -2.06. The van der Waals surface area contributed by atoms with Crippen LogP contribution in [-0.4, -0.2) is 4.98 Å². The Bertz CT molecular complexity index is 420. The van der Waals surface area contributed by atoms with Crippen molar-refractivity contribution >= 4 is 5.69 Å². The van der Waals surface area contributed by atoms with Crippen LogP contribution in [0.25, 0.3) is 0 Å². The highest BCUT2D eigenvalue weighted by atomic mass is 14.9. The van der Waals surface area contributed by atoms with Gasteiger partial charge < -0.3 is 5.32 Å². The first-order valence-corrected chi connectivity index (χ1v) is 5.61. The molecule has 2 nitrogen and oxygen atoms in total. The average molecular weight is 212 g/mol. The van der Waals surface area contributed by atoms with Crippen molar-refractivity contribution in [3.05, 3.63) is 59.9 Å². The molecule has 0 aliphatic carbocycles. The molecular weight excluding hydrogens is 196 g/mol. The maximum absolute atomic E-state index is 4.27. The van der Waals surface area contributed by atoms with Crippen LogP contribution in [-0.2, 0) is 13.0 Å². The minimum absolute atomic E-state index is 0.770. The van der Waals surface area contributed by atoms with E-state index in [0.717, 1.165) is 24.3 Å². The molecule has 1 aromatic carbocycles. The van der Waals surface area contributed by atoms with Gasteiger partial charge in [-0.15, -0.1) is 0 Å². The predicted octanol–water partition coefficient (Wildman–Crippen LogP) is 3.26. The molecule has 0 saturated carbocycles. The number of nitrogens with one attached hydrogen (secondary N) is 1. The molecule has 0 spiro atoms. The molecule has 0 aliphatic rings. The summed E-state index contributed by atoms with van der Waals surface area (Å²) in [6, 6.07) is 14.5. The smallest absolute Gasteiger partial charge is 0.0594 e. The SMILES string of the molecule is CCc1ccc(NCc2ccccn2)cc1. The molecule has 2 heteroatoms. The van der Waals surface area contributed by atoms with Gasteiger partial charge in [0.1, 0.15) is 0 Å². The van der Waals surface area contributed by atoms with Crippen LogP contribution < -0.4 is 5.32 Å². The lowest BCUT2D eigenvalue weighted by Crippen LogP contribution is -2.00. The average Bonchev–Trinajstić information content (AvgIpc) is 2.38. The van der Waals surface area contributed by atoms with E-state index in [0.29, 0.717) is 0 Å². The van der Waals surface area contributed by atoms with Gasteiger partial charge >= 0.3 is 0 Å². The Morgan fingerprint density at radius 2 is 1.88 bits per heavy atom. The molecular formula is C14H16N2. The number of hydrogen-bond acceptors (Lipinski definition) is 2. The van der Waals surface area contributed by atoms with E-state index in [-0.39, 0.29) is 0 Å². The third-order valence-electron chi connectivity index (χ3n) is 2.56. The molecule has 0 bridgehead atoms. The number of pyridine rings is 1. The van der Waals surface area contributed by atoms with E-state index in [1.165, 1.54) is 5.56 Å². The molecule has 0 atom stereocenters. The number of anilines is 1. The van der Waals surface area contributed by atoms with Crippen LogP contribution in [0.3, 0.4) is 0 Å². The summed E-state index contributed by atoms with van der Waals surface area (Å²) in [7, 11) is 0. The van der Waals surface area contributed by atoms with Crippen molar-refractivity contribution in [2.75, 3.05) is 5.32 Å². The fourth-order valence-corrected chi connectivity index (χ4v) is 1.55. The standard InChI is InChI=1S/C14H16N2/c1-2-12-6-8-13(9-7-12)16-11-14-5-3-4-10-15-14/h3-10,16H,2,11H2,1H3. The summed E-state index contributed by atoms with van der Waals surface area (Å²) in [5.41, 5.74) is 3.56. The van der Waals surface area contributed by atoms with Gasteiger partial charge in [0, 0.05) is 11.9 Å². The largest absolute Gasteiger partial charge is 0.379 e. The van der Waals surface area contributed by atoms with Crippen LogP contribution in [0.5, 0.6) is 0 Å². The van der Waals surface area contributed by atoms with Gasteiger partial charge in [0.15, 0.2) is 0 Å². The monoisotopic (exact) mass is 212 g/mol. The van der Waals surface area contributed by atoms with E-state index in [9.17, 15) is 0 Å². The highest BCUT2D eigenvalue weighted by Gasteiger charge is 1.94. The van der Waals surface area contributed by atoms with Crippen molar-refractivity contribution in [3.8, 4) is 0 Å². The first-order valence-electron chi connectivity index (χ1n) is 5.61. The maximum atomic E-state index is 4.27. The van der Waals surface area contributed by atoms with E-state index < -0.39 is 0 Å².